The highest BCUT2D eigenvalue weighted by Gasteiger charge is 2.25. The molecule has 1 heteroatoms. The van der Waals surface area contributed by atoms with Gasteiger partial charge in [-0.3, -0.25) is 0 Å². The Morgan fingerprint density at radius 2 is 1.78 bits per heavy atom. The number of rotatable bonds is 1. The van der Waals surface area contributed by atoms with Crippen molar-refractivity contribution in [2.45, 2.75) is 18.4 Å². The van der Waals surface area contributed by atoms with Gasteiger partial charge in [0.05, 0.1) is 0 Å². The molecule has 18 heavy (non-hydrogen) atoms. The maximum atomic E-state index is 3.83. The van der Waals surface area contributed by atoms with Crippen LogP contribution in [0.5, 0.6) is 0 Å². The molecule has 0 amide bonds. The van der Waals surface area contributed by atoms with Gasteiger partial charge in [0.25, 0.3) is 0 Å². The molecule has 0 bridgehead atoms. The topological polar surface area (TPSA) is 0 Å². The van der Waals surface area contributed by atoms with Crippen molar-refractivity contribution in [1.82, 2.24) is 0 Å². The van der Waals surface area contributed by atoms with E-state index in [0.29, 0.717) is 11.5 Å². The molecule has 0 fully saturated rings. The third kappa shape index (κ3) is 1.85. The van der Waals surface area contributed by atoms with E-state index in [1.807, 2.05) is 0 Å². The molecule has 0 aliphatic heterocycles. The largest absolute Gasteiger partial charge is 0.0726 e. The minimum atomic E-state index is 0.363. The zero-order chi connectivity index (χ0) is 12.5. The summed E-state index contributed by atoms with van der Waals surface area (Å²) in [5.41, 5.74) is 5.92. The molecule has 1 aromatic carbocycles. The van der Waals surface area contributed by atoms with Crippen LogP contribution in [-0.2, 0) is 0 Å². The van der Waals surface area contributed by atoms with E-state index in [9.17, 15) is 0 Å². The molecule has 0 saturated carbocycles. The van der Waals surface area contributed by atoms with Crippen molar-refractivity contribution in [3.8, 4) is 0 Å². The van der Waals surface area contributed by atoms with Gasteiger partial charge in [-0.05, 0) is 29.2 Å². The monoisotopic (exact) mass is 247 g/mol. The first-order chi connectivity index (χ1) is 8.77. The van der Waals surface area contributed by atoms with Crippen LogP contribution in [-0.4, -0.2) is 10.2 Å². The van der Waals surface area contributed by atoms with Gasteiger partial charge < -0.3 is 0 Å². The summed E-state index contributed by atoms with van der Waals surface area (Å²) in [6.07, 6.45) is 11.1. The summed E-state index contributed by atoms with van der Waals surface area (Å²) in [6.45, 7) is 2.19. The van der Waals surface area contributed by atoms with Crippen LogP contribution in [0, 0.1) is 0 Å². The van der Waals surface area contributed by atoms with Crippen LogP contribution in [0.25, 0.3) is 0 Å². The van der Waals surface area contributed by atoms with E-state index in [2.05, 4.69) is 77.9 Å². The highest BCUT2D eigenvalue weighted by Crippen LogP contribution is 2.43. The summed E-state index contributed by atoms with van der Waals surface area (Å²) < 4.78 is 0. The summed E-state index contributed by atoms with van der Waals surface area (Å²) >= 11 is 0. The molecule has 2 aliphatic carbocycles. The minimum absolute atomic E-state index is 0.363. The average molecular weight is 247 g/mol. The van der Waals surface area contributed by atoms with Crippen molar-refractivity contribution in [2.75, 3.05) is 0 Å². The van der Waals surface area contributed by atoms with Crippen molar-refractivity contribution < 1.29 is 0 Å². The van der Waals surface area contributed by atoms with Crippen molar-refractivity contribution in [2.24, 2.45) is 0 Å². The molecule has 1 aromatic rings. The fraction of sp³-hybridized carbons (Fsp3) is 0.176. The number of hydrogen-bond donors (Lipinski definition) is 0. The molecule has 2 unspecified atom stereocenters. The van der Waals surface area contributed by atoms with Crippen LogP contribution >= 0.6 is 0 Å². The molecule has 3 radical (unpaired) electrons. The summed E-state index contributed by atoms with van der Waals surface area (Å²) in [5.74, 6) is 0.368. The van der Waals surface area contributed by atoms with Crippen LogP contribution < -0.4 is 0 Å². The predicted molar refractivity (Wildman–Crippen MR) is 77.8 cm³/mol. The van der Waals surface area contributed by atoms with E-state index in [4.69, 9.17) is 0 Å². The molecule has 0 nitrogen and oxygen atoms in total. The second kappa shape index (κ2) is 4.58. The van der Waals surface area contributed by atoms with Gasteiger partial charge in [0.15, 0.2) is 0 Å². The smallest absolute Gasteiger partial charge is 0.0392 e. The molecule has 0 aromatic heterocycles. The summed E-state index contributed by atoms with van der Waals surface area (Å²) in [4.78, 5) is 0. The molecule has 87 valence electrons. The first-order valence-electron chi connectivity index (χ1n) is 6.30. The first-order valence-corrected chi connectivity index (χ1v) is 6.88. The summed E-state index contributed by atoms with van der Waals surface area (Å²) in [7, 11) is 3.83. The maximum absolute atomic E-state index is 3.83. The molecule has 0 N–H and O–H groups in total. The van der Waals surface area contributed by atoms with E-state index in [1.165, 1.54) is 22.3 Å². The number of allylic oxidation sites excluding steroid dienone is 8. The van der Waals surface area contributed by atoms with Gasteiger partial charge in [-0.25, -0.2) is 0 Å². The Morgan fingerprint density at radius 3 is 2.56 bits per heavy atom. The molecule has 0 heterocycles. The highest BCUT2D eigenvalue weighted by molar-refractivity contribution is 6.16. The average Bonchev–Trinajstić information content (AvgIpc) is 2.58. The minimum Gasteiger partial charge on any atom is -0.0726 e. The van der Waals surface area contributed by atoms with E-state index in [0.717, 1.165) is 0 Å². The van der Waals surface area contributed by atoms with E-state index in [-0.39, 0.29) is 0 Å². The quantitative estimate of drug-likeness (QED) is 0.655. The highest BCUT2D eigenvalue weighted by atomic mass is 28.1. The van der Waals surface area contributed by atoms with Crippen molar-refractivity contribution in [3.63, 3.8) is 0 Å². The lowest BCUT2D eigenvalue weighted by atomic mass is 9.90. The maximum Gasteiger partial charge on any atom is 0.0392 e. The standard InChI is InChI=1S/C17H15Si/c1-12-11-16-14(13-7-3-2-4-8-13)9-5-6-10-15(16)17(12)18/h2-11,14,17H,1H3. The second-order valence-corrected chi connectivity index (χ2v) is 5.44. The Balaban J connectivity index is 2.10. The lowest BCUT2D eigenvalue weighted by Gasteiger charge is -2.15. The third-order valence-electron chi connectivity index (χ3n) is 3.67. The van der Waals surface area contributed by atoms with Crippen LogP contribution in [0.15, 0.2) is 77.4 Å². The van der Waals surface area contributed by atoms with Gasteiger partial charge >= 0.3 is 0 Å². The SMILES string of the molecule is CC1=CC2=C(C=CC=CC2c2ccccc2)C1[Si]. The first kappa shape index (κ1) is 11.5. The Labute approximate surface area is 112 Å². The Hall–Kier alpha value is -1.60. The molecular weight excluding hydrogens is 232 g/mol. The third-order valence-corrected chi connectivity index (χ3v) is 4.43. The van der Waals surface area contributed by atoms with E-state index >= 15 is 0 Å². The summed E-state index contributed by atoms with van der Waals surface area (Å²) in [5, 5.41) is 0. The predicted octanol–water partition coefficient (Wildman–Crippen LogP) is 4.11. The molecule has 0 spiro atoms. The molecular formula is C17H15Si. The van der Waals surface area contributed by atoms with Crippen LogP contribution in [0.3, 0.4) is 0 Å². The van der Waals surface area contributed by atoms with Crippen LogP contribution in [0.2, 0.25) is 5.54 Å². The van der Waals surface area contributed by atoms with E-state index < -0.39 is 0 Å². The summed E-state index contributed by atoms with van der Waals surface area (Å²) in [6, 6.07) is 10.7. The van der Waals surface area contributed by atoms with Gasteiger partial charge in [0.1, 0.15) is 0 Å². The van der Waals surface area contributed by atoms with Gasteiger partial charge in [-0.2, -0.15) is 0 Å². The zero-order valence-electron chi connectivity index (χ0n) is 10.4. The van der Waals surface area contributed by atoms with Gasteiger partial charge in [0.2, 0.25) is 0 Å². The Morgan fingerprint density at radius 1 is 1.00 bits per heavy atom. The van der Waals surface area contributed by atoms with Crippen molar-refractivity contribution >= 4 is 10.2 Å². The van der Waals surface area contributed by atoms with Crippen LogP contribution in [0.4, 0.5) is 0 Å². The fourth-order valence-electron chi connectivity index (χ4n) is 2.67. The fourth-order valence-corrected chi connectivity index (χ4v) is 3.02. The second-order valence-electron chi connectivity index (χ2n) is 4.86. The molecule has 2 atom stereocenters. The van der Waals surface area contributed by atoms with E-state index in [1.54, 1.807) is 0 Å². The van der Waals surface area contributed by atoms with Gasteiger partial charge in [0, 0.05) is 16.2 Å². The lowest BCUT2D eigenvalue weighted by molar-refractivity contribution is 1.02. The number of benzene rings is 1. The van der Waals surface area contributed by atoms with Gasteiger partial charge in [-0.1, -0.05) is 66.3 Å². The molecule has 3 rings (SSSR count). The normalized spacial score (nSPS) is 26.0. The number of hydrogen-bond acceptors (Lipinski definition) is 0. The Kier molecular flexibility index (Phi) is 2.92. The zero-order valence-corrected chi connectivity index (χ0v) is 11.4. The molecule has 2 aliphatic rings. The Bertz CT molecular complexity index is 573. The molecule has 0 saturated heterocycles. The lowest BCUT2D eigenvalue weighted by Crippen LogP contribution is -1.99. The van der Waals surface area contributed by atoms with Crippen molar-refractivity contribution in [1.29, 1.82) is 0 Å². The van der Waals surface area contributed by atoms with Crippen molar-refractivity contribution in [3.05, 3.63) is 83.0 Å². The van der Waals surface area contributed by atoms with Crippen LogP contribution in [0.1, 0.15) is 18.4 Å². The van der Waals surface area contributed by atoms with Gasteiger partial charge in [-0.15, -0.1) is 0 Å².